The van der Waals surface area contributed by atoms with E-state index in [4.69, 9.17) is 4.74 Å². The Morgan fingerprint density at radius 2 is 2.10 bits per heavy atom. The van der Waals surface area contributed by atoms with Crippen LogP contribution in [0.25, 0.3) is 0 Å². The van der Waals surface area contributed by atoms with Gasteiger partial charge in [0.05, 0.1) is 11.8 Å². The Balaban J connectivity index is 1.91. The molecule has 1 aromatic heterocycles. The van der Waals surface area contributed by atoms with Crippen LogP contribution in [-0.2, 0) is 26.6 Å². The predicted molar refractivity (Wildman–Crippen MR) is 85.3 cm³/mol. The highest BCUT2D eigenvalue weighted by Crippen LogP contribution is 2.15. The third-order valence-corrected chi connectivity index (χ3v) is 3.24. The summed E-state index contributed by atoms with van der Waals surface area (Å²) in [5.41, 5.74) is 3.67. The number of aromatic nitrogens is 2. The molecule has 0 aliphatic carbocycles. The molecule has 0 aliphatic heterocycles. The molecule has 0 fully saturated rings. The topological polar surface area (TPSA) is 39.1 Å². The number of hydrogen-bond acceptors (Lipinski definition) is 3. The molecular formula is C17H25N3O. The lowest BCUT2D eigenvalue weighted by Crippen LogP contribution is -2.13. The first kappa shape index (κ1) is 15.6. The predicted octanol–water partition coefficient (Wildman–Crippen LogP) is 3.06. The number of rotatable bonds is 7. The first-order chi connectivity index (χ1) is 10.1. The van der Waals surface area contributed by atoms with Gasteiger partial charge in [0, 0.05) is 31.9 Å². The molecule has 114 valence electrons. The highest BCUT2D eigenvalue weighted by molar-refractivity contribution is 5.28. The van der Waals surface area contributed by atoms with Gasteiger partial charge >= 0.3 is 0 Å². The SMILES string of the molecule is CCc1nn(C)cc1CNCc1cccc(OC(C)C)c1. The highest BCUT2D eigenvalue weighted by atomic mass is 16.5. The van der Waals surface area contributed by atoms with Crippen molar-refractivity contribution >= 4 is 0 Å². The zero-order valence-electron chi connectivity index (χ0n) is 13.4. The number of nitrogens with zero attached hydrogens (tertiary/aromatic N) is 2. The maximum Gasteiger partial charge on any atom is 0.120 e. The van der Waals surface area contributed by atoms with Crippen LogP contribution >= 0.6 is 0 Å². The quantitative estimate of drug-likeness (QED) is 0.850. The van der Waals surface area contributed by atoms with Crippen molar-refractivity contribution in [3.8, 4) is 5.75 Å². The average molecular weight is 287 g/mol. The lowest BCUT2D eigenvalue weighted by Gasteiger charge is -2.11. The zero-order valence-corrected chi connectivity index (χ0v) is 13.4. The van der Waals surface area contributed by atoms with Gasteiger partial charge in [0.1, 0.15) is 5.75 Å². The third-order valence-electron chi connectivity index (χ3n) is 3.24. The molecule has 21 heavy (non-hydrogen) atoms. The minimum Gasteiger partial charge on any atom is -0.491 e. The van der Waals surface area contributed by atoms with Crippen LogP contribution in [0.5, 0.6) is 5.75 Å². The number of aryl methyl sites for hydroxylation is 2. The summed E-state index contributed by atoms with van der Waals surface area (Å²) in [7, 11) is 1.97. The van der Waals surface area contributed by atoms with E-state index in [2.05, 4.69) is 35.7 Å². The summed E-state index contributed by atoms with van der Waals surface area (Å²) in [5, 5.41) is 7.94. The molecular weight excluding hydrogens is 262 g/mol. The maximum absolute atomic E-state index is 5.72. The first-order valence-corrected chi connectivity index (χ1v) is 7.56. The van der Waals surface area contributed by atoms with Gasteiger partial charge in [0.15, 0.2) is 0 Å². The van der Waals surface area contributed by atoms with E-state index in [1.165, 1.54) is 16.8 Å². The molecule has 0 saturated heterocycles. The summed E-state index contributed by atoms with van der Waals surface area (Å²) in [4.78, 5) is 0. The third kappa shape index (κ3) is 4.60. The van der Waals surface area contributed by atoms with Crippen LogP contribution in [0, 0.1) is 0 Å². The van der Waals surface area contributed by atoms with Crippen LogP contribution in [0.4, 0.5) is 0 Å². The summed E-state index contributed by atoms with van der Waals surface area (Å²) >= 11 is 0. The van der Waals surface area contributed by atoms with Crippen molar-refractivity contribution in [1.29, 1.82) is 0 Å². The Kier molecular flexibility index (Phi) is 5.39. The molecule has 0 unspecified atom stereocenters. The van der Waals surface area contributed by atoms with Crippen molar-refractivity contribution in [2.45, 2.75) is 46.4 Å². The molecule has 4 nitrogen and oxygen atoms in total. The smallest absolute Gasteiger partial charge is 0.120 e. The molecule has 0 radical (unpaired) electrons. The van der Waals surface area contributed by atoms with Crippen LogP contribution in [0.1, 0.15) is 37.6 Å². The van der Waals surface area contributed by atoms with Gasteiger partial charge in [-0.05, 0) is 38.0 Å². The van der Waals surface area contributed by atoms with Crippen LogP contribution < -0.4 is 10.1 Å². The summed E-state index contributed by atoms with van der Waals surface area (Å²) < 4.78 is 7.60. The van der Waals surface area contributed by atoms with E-state index in [9.17, 15) is 0 Å². The van der Waals surface area contributed by atoms with E-state index in [1.54, 1.807) is 0 Å². The number of hydrogen-bond donors (Lipinski definition) is 1. The van der Waals surface area contributed by atoms with Gasteiger partial charge in [-0.2, -0.15) is 5.10 Å². The van der Waals surface area contributed by atoms with Gasteiger partial charge in [-0.1, -0.05) is 19.1 Å². The van der Waals surface area contributed by atoms with Crippen molar-refractivity contribution in [3.05, 3.63) is 47.3 Å². The summed E-state index contributed by atoms with van der Waals surface area (Å²) in [6.07, 6.45) is 3.26. The van der Waals surface area contributed by atoms with E-state index in [0.29, 0.717) is 0 Å². The van der Waals surface area contributed by atoms with Crippen LogP contribution in [-0.4, -0.2) is 15.9 Å². The number of ether oxygens (including phenoxy) is 1. The van der Waals surface area contributed by atoms with E-state index < -0.39 is 0 Å². The lowest BCUT2D eigenvalue weighted by molar-refractivity contribution is 0.242. The minimum atomic E-state index is 0.204. The Bertz CT molecular complexity index is 575. The first-order valence-electron chi connectivity index (χ1n) is 7.56. The number of nitrogens with one attached hydrogen (secondary N) is 1. The highest BCUT2D eigenvalue weighted by Gasteiger charge is 2.05. The summed E-state index contributed by atoms with van der Waals surface area (Å²) in [6.45, 7) is 7.89. The average Bonchev–Trinajstić information content (AvgIpc) is 2.79. The van der Waals surface area contributed by atoms with Crippen LogP contribution in [0.15, 0.2) is 30.5 Å². The fourth-order valence-electron chi connectivity index (χ4n) is 2.37. The molecule has 1 aromatic carbocycles. The number of benzene rings is 1. The second-order valence-electron chi connectivity index (χ2n) is 5.55. The molecule has 4 heteroatoms. The Hall–Kier alpha value is -1.81. The van der Waals surface area contributed by atoms with Crippen molar-refractivity contribution < 1.29 is 4.74 Å². The molecule has 0 atom stereocenters. The molecule has 0 saturated carbocycles. The van der Waals surface area contributed by atoms with Gasteiger partial charge in [-0.25, -0.2) is 0 Å². The van der Waals surface area contributed by atoms with Gasteiger partial charge < -0.3 is 10.1 Å². The standard InChI is InChI=1S/C17H25N3O/c1-5-17-15(12-20(4)19-17)11-18-10-14-7-6-8-16(9-14)21-13(2)3/h6-9,12-13,18H,5,10-11H2,1-4H3. The zero-order chi connectivity index (χ0) is 15.2. The van der Waals surface area contributed by atoms with Gasteiger partial charge in [-0.3, -0.25) is 4.68 Å². The second-order valence-corrected chi connectivity index (χ2v) is 5.55. The fourth-order valence-corrected chi connectivity index (χ4v) is 2.37. The monoisotopic (exact) mass is 287 g/mol. The molecule has 0 aliphatic rings. The second kappa shape index (κ2) is 7.27. The Labute approximate surface area is 127 Å². The van der Waals surface area contributed by atoms with Crippen molar-refractivity contribution in [2.24, 2.45) is 7.05 Å². The van der Waals surface area contributed by atoms with E-state index in [-0.39, 0.29) is 6.10 Å². The van der Waals surface area contributed by atoms with Gasteiger partial charge in [-0.15, -0.1) is 0 Å². The van der Waals surface area contributed by atoms with E-state index in [0.717, 1.165) is 25.3 Å². The Morgan fingerprint density at radius 3 is 2.81 bits per heavy atom. The molecule has 0 bridgehead atoms. The summed E-state index contributed by atoms with van der Waals surface area (Å²) in [6, 6.07) is 8.25. The van der Waals surface area contributed by atoms with Gasteiger partial charge in [0.25, 0.3) is 0 Å². The lowest BCUT2D eigenvalue weighted by atomic mass is 10.2. The molecule has 1 N–H and O–H groups in total. The van der Waals surface area contributed by atoms with Crippen molar-refractivity contribution in [1.82, 2.24) is 15.1 Å². The minimum absolute atomic E-state index is 0.204. The van der Waals surface area contributed by atoms with E-state index >= 15 is 0 Å². The molecule has 0 spiro atoms. The van der Waals surface area contributed by atoms with E-state index in [1.807, 2.05) is 37.7 Å². The largest absolute Gasteiger partial charge is 0.491 e. The molecule has 1 heterocycles. The normalized spacial score (nSPS) is 11.1. The van der Waals surface area contributed by atoms with Crippen molar-refractivity contribution in [3.63, 3.8) is 0 Å². The van der Waals surface area contributed by atoms with Crippen molar-refractivity contribution in [2.75, 3.05) is 0 Å². The summed E-state index contributed by atoms with van der Waals surface area (Å²) in [5.74, 6) is 0.930. The molecule has 0 amide bonds. The van der Waals surface area contributed by atoms with Crippen LogP contribution in [0.3, 0.4) is 0 Å². The van der Waals surface area contributed by atoms with Gasteiger partial charge in [0.2, 0.25) is 0 Å². The Morgan fingerprint density at radius 1 is 1.29 bits per heavy atom. The maximum atomic E-state index is 5.72. The van der Waals surface area contributed by atoms with Crippen LogP contribution in [0.2, 0.25) is 0 Å². The molecule has 2 aromatic rings. The molecule has 2 rings (SSSR count). The fraction of sp³-hybridized carbons (Fsp3) is 0.471.